The van der Waals surface area contributed by atoms with Gasteiger partial charge in [0.15, 0.2) is 0 Å². The molecule has 0 radical (unpaired) electrons. The minimum atomic E-state index is -1.61. The molecule has 4 rings (SSSR count). The van der Waals surface area contributed by atoms with Gasteiger partial charge in [0.2, 0.25) is 17.7 Å². The highest BCUT2D eigenvalue weighted by molar-refractivity contribution is 8.77. The second-order valence-corrected chi connectivity index (χ2v) is 20.6. The molecule has 4 amide bonds. The number of anilines is 1. The van der Waals surface area contributed by atoms with Gasteiger partial charge in [0.05, 0.1) is 23.2 Å². The molecule has 3 heterocycles. The Kier molecular flexibility index (Phi) is 16.5. The Balaban J connectivity index is 1.57. The molecule has 1 aromatic carbocycles. The highest BCUT2D eigenvalue weighted by Crippen LogP contribution is 2.49. The van der Waals surface area contributed by atoms with Crippen LogP contribution >= 0.6 is 33.2 Å². The van der Waals surface area contributed by atoms with Gasteiger partial charge in [-0.15, -0.1) is 0 Å². The second-order valence-electron chi connectivity index (χ2n) is 17.1. The van der Waals surface area contributed by atoms with Crippen LogP contribution < -0.4 is 15.5 Å². The number of aliphatic hydroxyl groups is 1. The molecule has 1 aromatic rings. The number of halogens is 1. The van der Waals surface area contributed by atoms with Crippen LogP contribution in [0, 0.1) is 18.8 Å². The van der Waals surface area contributed by atoms with Crippen molar-refractivity contribution in [1.29, 1.82) is 0 Å². The minimum absolute atomic E-state index is 0.0100. The summed E-state index contributed by atoms with van der Waals surface area (Å²) in [4.78, 5) is 68.8. The first kappa shape index (κ1) is 48.4. The predicted molar refractivity (Wildman–Crippen MR) is 234 cm³/mol. The third-order valence-corrected chi connectivity index (χ3v) is 15.7. The van der Waals surface area contributed by atoms with Gasteiger partial charge in [-0.05, 0) is 78.0 Å². The number of hydrogen-bond donors (Lipinski definition) is 3. The number of alkyl carbamates (subject to hydrolysis) is 1. The zero-order valence-electron chi connectivity index (χ0n) is 36.3. The molecule has 0 saturated carbocycles. The number of esters is 1. The average molecular weight is 880 g/mol. The fourth-order valence-corrected chi connectivity index (χ4v) is 10.3. The number of fused-ring (bicyclic) bond motifs is 5. The van der Waals surface area contributed by atoms with E-state index in [1.165, 1.54) is 9.80 Å². The Hall–Kier alpha value is -3.24. The zero-order chi connectivity index (χ0) is 44.0. The average Bonchev–Trinajstić information content (AvgIpc) is 3.87. The summed E-state index contributed by atoms with van der Waals surface area (Å²) in [6.45, 7) is 15.0. The van der Waals surface area contributed by atoms with Crippen LogP contribution in [0.3, 0.4) is 0 Å². The van der Waals surface area contributed by atoms with Crippen molar-refractivity contribution < 1.29 is 43.3 Å². The first-order valence-corrected chi connectivity index (χ1v) is 23.0. The van der Waals surface area contributed by atoms with Gasteiger partial charge in [-0.25, -0.2) is 9.59 Å². The van der Waals surface area contributed by atoms with Gasteiger partial charge in [-0.3, -0.25) is 19.7 Å². The third kappa shape index (κ3) is 12.4. The molecule has 2 saturated heterocycles. The van der Waals surface area contributed by atoms with Crippen LogP contribution in [0.1, 0.15) is 98.1 Å². The van der Waals surface area contributed by atoms with E-state index in [0.29, 0.717) is 30.0 Å². The van der Waals surface area contributed by atoms with E-state index in [-0.39, 0.29) is 41.7 Å². The number of ether oxygens (including phenoxy) is 3. The molecule has 13 nitrogen and oxygen atoms in total. The van der Waals surface area contributed by atoms with Crippen molar-refractivity contribution in [1.82, 2.24) is 15.5 Å². The highest BCUT2D eigenvalue weighted by Gasteiger charge is 2.64. The number of allylic oxidation sites excluding steroid dienone is 3. The van der Waals surface area contributed by atoms with E-state index in [2.05, 4.69) is 24.5 Å². The van der Waals surface area contributed by atoms with Gasteiger partial charge < -0.3 is 34.4 Å². The second kappa shape index (κ2) is 20.1. The van der Waals surface area contributed by atoms with E-state index in [4.69, 9.17) is 25.8 Å². The van der Waals surface area contributed by atoms with Crippen LogP contribution in [0.2, 0.25) is 5.02 Å². The monoisotopic (exact) mass is 878 g/mol. The Morgan fingerprint density at radius 1 is 1.20 bits per heavy atom. The lowest BCUT2D eigenvalue weighted by atomic mass is 9.82. The molecule has 3 N–H and O–H groups in total. The molecule has 3 aliphatic rings. The third-order valence-electron chi connectivity index (χ3n) is 11.8. The molecule has 0 unspecified atom stereocenters. The SMILES string of the molecule is CNC(=O)CCCSSC(C)(C)CCC(=O)N(C)[C@@H](C)C(=O)O[C@H]1CC(=O)N(C)c2cc(cc(C)c2Cl)C/C(C)=C/C=C/[C@@H](C)[C@@]2(O)C[C@H](OC(=O)N2)[C@@H](C)[C@@H]2O[C@@]12C. The molecule has 0 spiro atoms. The Morgan fingerprint density at radius 3 is 2.58 bits per heavy atom. The maximum atomic E-state index is 14.2. The molecule has 0 aromatic heterocycles. The quantitative estimate of drug-likeness (QED) is 0.0865. The smallest absolute Gasteiger partial charge is 0.409 e. The predicted octanol–water partition coefficient (Wildman–Crippen LogP) is 6.90. The molecule has 0 aliphatic carbocycles. The summed E-state index contributed by atoms with van der Waals surface area (Å²) in [6, 6.07) is 2.86. The number of nitrogens with zero attached hydrogens (tertiary/aromatic N) is 2. The van der Waals surface area contributed by atoms with Crippen LogP contribution in [0.5, 0.6) is 0 Å². The molecule has 2 fully saturated rings. The summed E-state index contributed by atoms with van der Waals surface area (Å²) in [7, 11) is 8.14. The standard InChI is InChI=1S/C43H63ClN4O9S2/c1-25-14-12-15-27(3)43(54)24-32(55-40(53)46-43)28(4)38-42(8,57-38)33(23-36(51)48(11)31-22-30(20-25)21-26(2)37(31)44)56-39(52)29(5)47(10)35(50)17-18-41(6,7)59-58-19-13-16-34(49)45-9/h12,14-15,21-22,27-29,32-33,38,54H,13,16-20,23-24H2,1-11H3,(H,45,49)(H,46,53)/b15-12+,25-14+/t27-,28-,29+,32+,33+,38+,42+,43+/m1/s1. The van der Waals surface area contributed by atoms with Crippen molar-refractivity contribution >= 4 is 68.7 Å². The van der Waals surface area contributed by atoms with Crippen molar-refractivity contribution in [3.63, 3.8) is 0 Å². The minimum Gasteiger partial charge on any atom is -0.457 e. The van der Waals surface area contributed by atoms with Crippen molar-refractivity contribution in [3.8, 4) is 0 Å². The van der Waals surface area contributed by atoms with Crippen LogP contribution in [0.15, 0.2) is 35.9 Å². The van der Waals surface area contributed by atoms with Crippen molar-refractivity contribution in [2.75, 3.05) is 31.8 Å². The lowest BCUT2D eigenvalue weighted by Crippen LogP contribution is -2.60. The van der Waals surface area contributed by atoms with E-state index < -0.39 is 59.6 Å². The van der Waals surface area contributed by atoms with Gasteiger partial charge >= 0.3 is 12.1 Å². The first-order valence-electron chi connectivity index (χ1n) is 20.3. The summed E-state index contributed by atoms with van der Waals surface area (Å²) in [5.74, 6) is -1.46. The molecule has 16 heteroatoms. The van der Waals surface area contributed by atoms with Crippen molar-refractivity contribution in [2.45, 2.75) is 141 Å². The van der Waals surface area contributed by atoms with Gasteiger partial charge in [0.25, 0.3) is 0 Å². The van der Waals surface area contributed by atoms with Crippen molar-refractivity contribution in [2.24, 2.45) is 11.8 Å². The van der Waals surface area contributed by atoms with E-state index >= 15 is 0 Å². The van der Waals surface area contributed by atoms with Crippen LogP contribution in [-0.4, -0.2) is 107 Å². The molecule has 328 valence electrons. The zero-order valence-corrected chi connectivity index (χ0v) is 38.7. The van der Waals surface area contributed by atoms with E-state index in [1.54, 1.807) is 56.6 Å². The Morgan fingerprint density at radius 2 is 1.90 bits per heavy atom. The first-order chi connectivity index (χ1) is 27.5. The molecule has 3 aliphatic heterocycles. The number of aryl methyl sites for hydroxylation is 1. The fourth-order valence-electron chi connectivity index (χ4n) is 7.40. The Bertz CT molecular complexity index is 1810. The van der Waals surface area contributed by atoms with Gasteiger partial charge in [0.1, 0.15) is 29.6 Å². The number of carbonyl (C=O) groups is 5. The van der Waals surface area contributed by atoms with Gasteiger partial charge in [-0.1, -0.05) is 76.9 Å². The Labute approximate surface area is 362 Å². The molecular weight excluding hydrogens is 816 g/mol. The summed E-state index contributed by atoms with van der Waals surface area (Å²) >= 11 is 6.81. The number of carbonyl (C=O) groups excluding carboxylic acids is 5. The number of amides is 4. The molecule has 4 bridgehead atoms. The number of benzene rings is 1. The largest absolute Gasteiger partial charge is 0.457 e. The maximum absolute atomic E-state index is 14.2. The summed E-state index contributed by atoms with van der Waals surface area (Å²) < 4.78 is 18.0. The van der Waals surface area contributed by atoms with E-state index in [1.807, 2.05) is 58.1 Å². The molecule has 59 heavy (non-hydrogen) atoms. The van der Waals surface area contributed by atoms with Crippen LogP contribution in [-0.2, 0) is 39.8 Å². The van der Waals surface area contributed by atoms with E-state index in [9.17, 15) is 29.1 Å². The van der Waals surface area contributed by atoms with Gasteiger partial charge in [-0.2, -0.15) is 0 Å². The summed E-state index contributed by atoms with van der Waals surface area (Å²) in [6.07, 6.45) is 4.73. The molecule has 8 atom stereocenters. The number of nitrogens with one attached hydrogen (secondary N) is 2. The maximum Gasteiger partial charge on any atom is 0.409 e. The topological polar surface area (TPSA) is 167 Å². The van der Waals surface area contributed by atoms with E-state index in [0.717, 1.165) is 28.9 Å². The lowest BCUT2D eigenvalue weighted by molar-refractivity contribution is -0.162. The highest BCUT2D eigenvalue weighted by atomic mass is 35.5. The summed E-state index contributed by atoms with van der Waals surface area (Å²) in [5, 5.41) is 17.4. The number of likely N-dealkylation sites (N-methyl/N-ethyl adjacent to an activating group) is 1. The van der Waals surface area contributed by atoms with Gasteiger partial charge in [0, 0.05) is 62.7 Å². The number of epoxide rings is 1. The fraction of sp³-hybridized carbons (Fsp3) is 0.651. The van der Waals surface area contributed by atoms with Crippen LogP contribution in [0.25, 0.3) is 0 Å². The molecular formula is C43H63ClN4O9S2. The van der Waals surface area contributed by atoms with Crippen LogP contribution in [0.4, 0.5) is 10.5 Å². The van der Waals surface area contributed by atoms with Crippen molar-refractivity contribution in [3.05, 3.63) is 52.1 Å². The number of rotatable bonds is 12. The summed E-state index contributed by atoms with van der Waals surface area (Å²) in [5.41, 5.74) is 0.461. The lowest BCUT2D eigenvalue weighted by Gasteiger charge is -2.41. The normalized spacial score (nSPS) is 29.5. The number of hydrogen-bond acceptors (Lipinski definition) is 11.